The Kier molecular flexibility index (Phi) is 3.98. The zero-order valence-corrected chi connectivity index (χ0v) is 11.8. The number of benzene rings is 1. The van der Waals surface area contributed by atoms with Gasteiger partial charge in [-0.2, -0.15) is 0 Å². The minimum Gasteiger partial charge on any atom is -0.486 e. The largest absolute Gasteiger partial charge is 0.486 e. The van der Waals surface area contributed by atoms with Crippen LogP contribution in [0.5, 0.6) is 11.5 Å². The fourth-order valence-electron chi connectivity index (χ4n) is 2.51. The molecular weight excluding hydrogens is 280 g/mol. The number of fused-ring (bicyclic) bond motifs is 1. The van der Waals surface area contributed by atoms with Gasteiger partial charge in [-0.25, -0.2) is 0 Å². The summed E-state index contributed by atoms with van der Waals surface area (Å²) in [5.41, 5.74) is 0.836. The second-order valence-electron chi connectivity index (χ2n) is 5.04. The minimum atomic E-state index is 0.00597. The molecule has 0 radical (unpaired) electrons. The molecule has 1 amide bonds. The van der Waals surface area contributed by atoms with E-state index in [4.69, 9.17) is 21.1 Å². The first-order valence-corrected chi connectivity index (χ1v) is 7.18. The Morgan fingerprint density at radius 1 is 1.40 bits per heavy atom. The molecule has 0 spiro atoms. The lowest BCUT2D eigenvalue weighted by Gasteiger charge is -2.20. The molecule has 6 heteroatoms. The first-order valence-electron chi connectivity index (χ1n) is 6.80. The molecule has 5 nitrogen and oxygen atoms in total. The maximum Gasteiger partial charge on any atom is 0.224 e. The Morgan fingerprint density at radius 3 is 3.05 bits per heavy atom. The highest BCUT2D eigenvalue weighted by atomic mass is 35.5. The van der Waals surface area contributed by atoms with E-state index in [1.165, 1.54) is 0 Å². The average Bonchev–Trinajstić information content (AvgIpc) is 2.91. The summed E-state index contributed by atoms with van der Waals surface area (Å²) in [5.74, 6) is 1.20. The molecule has 108 valence electrons. The molecule has 2 heterocycles. The molecule has 20 heavy (non-hydrogen) atoms. The summed E-state index contributed by atoms with van der Waals surface area (Å²) >= 11 is 6.15. The van der Waals surface area contributed by atoms with Crippen molar-refractivity contribution < 1.29 is 14.3 Å². The molecule has 1 fully saturated rings. The van der Waals surface area contributed by atoms with Crippen LogP contribution in [0.2, 0.25) is 5.02 Å². The Morgan fingerprint density at radius 2 is 2.25 bits per heavy atom. The summed E-state index contributed by atoms with van der Waals surface area (Å²) < 4.78 is 11.0. The number of ether oxygens (including phenoxy) is 2. The van der Waals surface area contributed by atoms with Gasteiger partial charge in [-0.05, 0) is 30.7 Å². The highest BCUT2D eigenvalue weighted by Gasteiger charge is 2.19. The van der Waals surface area contributed by atoms with Gasteiger partial charge in [0.25, 0.3) is 0 Å². The third kappa shape index (κ3) is 2.99. The number of carbonyl (C=O) groups is 1. The number of carbonyl (C=O) groups excluding carboxylic acids is 1. The monoisotopic (exact) mass is 296 g/mol. The van der Waals surface area contributed by atoms with E-state index in [1.54, 1.807) is 6.07 Å². The number of rotatable bonds is 3. The number of nitrogens with one attached hydrogen (secondary N) is 2. The van der Waals surface area contributed by atoms with Gasteiger partial charge in [0.1, 0.15) is 13.2 Å². The first-order chi connectivity index (χ1) is 9.72. The number of amides is 1. The molecule has 2 aliphatic heterocycles. The van der Waals surface area contributed by atoms with Gasteiger partial charge in [0, 0.05) is 12.6 Å². The van der Waals surface area contributed by atoms with Gasteiger partial charge in [0.05, 0.1) is 11.4 Å². The van der Waals surface area contributed by atoms with Crippen LogP contribution in [0.4, 0.5) is 0 Å². The second-order valence-corrected chi connectivity index (χ2v) is 5.44. The van der Waals surface area contributed by atoms with Crippen LogP contribution in [-0.4, -0.2) is 38.3 Å². The predicted octanol–water partition coefficient (Wildman–Crippen LogP) is 1.13. The molecule has 0 saturated carbocycles. The Bertz CT molecular complexity index is 515. The van der Waals surface area contributed by atoms with Crippen molar-refractivity contribution in [3.05, 3.63) is 22.7 Å². The van der Waals surface area contributed by atoms with Crippen molar-refractivity contribution in [3.8, 4) is 11.5 Å². The molecule has 2 aliphatic rings. The van der Waals surface area contributed by atoms with E-state index < -0.39 is 0 Å². The SMILES string of the molecule is O=C(Cc1cc(Cl)c2c(c1)OCCO2)NC1CCNC1. The fraction of sp³-hybridized carbons (Fsp3) is 0.500. The number of hydrogen-bond donors (Lipinski definition) is 2. The van der Waals surface area contributed by atoms with Crippen molar-refractivity contribution in [2.24, 2.45) is 0 Å². The normalized spacial score (nSPS) is 20.8. The van der Waals surface area contributed by atoms with Crippen molar-refractivity contribution in [2.75, 3.05) is 26.3 Å². The number of halogens is 1. The summed E-state index contributed by atoms with van der Waals surface area (Å²) in [6.07, 6.45) is 1.28. The second kappa shape index (κ2) is 5.89. The molecule has 1 aromatic carbocycles. The van der Waals surface area contributed by atoms with Crippen LogP contribution in [0.1, 0.15) is 12.0 Å². The van der Waals surface area contributed by atoms with Crippen molar-refractivity contribution in [1.29, 1.82) is 0 Å². The zero-order valence-electron chi connectivity index (χ0n) is 11.1. The van der Waals surface area contributed by atoms with Crippen LogP contribution in [0.3, 0.4) is 0 Å². The standard InChI is InChI=1S/C14H17ClN2O3/c15-11-5-9(6-12-14(11)20-4-3-19-12)7-13(18)17-10-1-2-16-8-10/h5-6,10,16H,1-4,7-8H2,(H,17,18). The third-order valence-corrected chi connectivity index (χ3v) is 3.73. The molecule has 0 aromatic heterocycles. The van der Waals surface area contributed by atoms with Gasteiger partial charge in [0.15, 0.2) is 11.5 Å². The van der Waals surface area contributed by atoms with Crippen molar-refractivity contribution in [1.82, 2.24) is 10.6 Å². The summed E-state index contributed by atoms with van der Waals surface area (Å²) in [6.45, 7) is 2.81. The van der Waals surface area contributed by atoms with Gasteiger partial charge >= 0.3 is 0 Å². The predicted molar refractivity (Wildman–Crippen MR) is 75.6 cm³/mol. The summed E-state index contributed by atoms with van der Waals surface area (Å²) in [5, 5.41) is 6.72. The lowest BCUT2D eigenvalue weighted by Crippen LogP contribution is -2.37. The van der Waals surface area contributed by atoms with E-state index in [1.807, 2.05) is 6.07 Å². The first kappa shape index (κ1) is 13.5. The zero-order chi connectivity index (χ0) is 13.9. The summed E-state index contributed by atoms with van der Waals surface area (Å²) in [4.78, 5) is 12.0. The van der Waals surface area contributed by atoms with Crippen LogP contribution in [-0.2, 0) is 11.2 Å². The molecule has 2 N–H and O–H groups in total. The Balaban J connectivity index is 1.67. The van der Waals surface area contributed by atoms with Crippen LogP contribution < -0.4 is 20.1 Å². The lowest BCUT2D eigenvalue weighted by atomic mass is 10.1. The maximum atomic E-state index is 12.0. The molecule has 1 saturated heterocycles. The van der Waals surface area contributed by atoms with E-state index in [0.29, 0.717) is 36.2 Å². The highest BCUT2D eigenvalue weighted by molar-refractivity contribution is 6.32. The molecule has 1 aromatic rings. The molecule has 0 bridgehead atoms. The third-order valence-electron chi connectivity index (χ3n) is 3.45. The van der Waals surface area contributed by atoms with Crippen molar-refractivity contribution in [3.63, 3.8) is 0 Å². The Hall–Kier alpha value is -1.46. The molecular formula is C14H17ClN2O3. The topological polar surface area (TPSA) is 59.6 Å². The molecule has 0 aliphatic carbocycles. The van der Waals surface area contributed by atoms with Gasteiger partial charge in [-0.1, -0.05) is 11.6 Å². The lowest BCUT2D eigenvalue weighted by molar-refractivity contribution is -0.121. The van der Waals surface area contributed by atoms with E-state index >= 15 is 0 Å². The summed E-state index contributed by atoms with van der Waals surface area (Å²) in [6, 6.07) is 3.82. The average molecular weight is 297 g/mol. The summed E-state index contributed by atoms with van der Waals surface area (Å²) in [7, 11) is 0. The van der Waals surface area contributed by atoms with Gasteiger partial charge in [0.2, 0.25) is 5.91 Å². The fourth-order valence-corrected chi connectivity index (χ4v) is 2.80. The van der Waals surface area contributed by atoms with E-state index in [0.717, 1.165) is 25.1 Å². The van der Waals surface area contributed by atoms with Crippen LogP contribution in [0.15, 0.2) is 12.1 Å². The van der Waals surface area contributed by atoms with Gasteiger partial charge in [-0.3, -0.25) is 4.79 Å². The van der Waals surface area contributed by atoms with Crippen LogP contribution in [0.25, 0.3) is 0 Å². The quantitative estimate of drug-likeness (QED) is 0.878. The van der Waals surface area contributed by atoms with Crippen molar-refractivity contribution in [2.45, 2.75) is 18.9 Å². The van der Waals surface area contributed by atoms with Crippen molar-refractivity contribution >= 4 is 17.5 Å². The molecule has 1 atom stereocenters. The number of hydrogen-bond acceptors (Lipinski definition) is 4. The molecule has 3 rings (SSSR count). The van der Waals surface area contributed by atoms with E-state index in [9.17, 15) is 4.79 Å². The van der Waals surface area contributed by atoms with E-state index in [-0.39, 0.29) is 11.9 Å². The van der Waals surface area contributed by atoms with Crippen LogP contribution in [0, 0.1) is 0 Å². The maximum absolute atomic E-state index is 12.0. The molecule has 1 unspecified atom stereocenters. The smallest absolute Gasteiger partial charge is 0.224 e. The van der Waals surface area contributed by atoms with Gasteiger partial charge in [-0.15, -0.1) is 0 Å². The minimum absolute atomic E-state index is 0.00597. The van der Waals surface area contributed by atoms with Crippen LogP contribution >= 0.6 is 11.6 Å². The van der Waals surface area contributed by atoms with E-state index in [2.05, 4.69) is 10.6 Å². The van der Waals surface area contributed by atoms with Gasteiger partial charge < -0.3 is 20.1 Å². The Labute approximate surface area is 122 Å². The highest BCUT2D eigenvalue weighted by Crippen LogP contribution is 2.38.